The molecule has 0 unspecified atom stereocenters. The first kappa shape index (κ1) is 30.4. The lowest BCUT2D eigenvalue weighted by molar-refractivity contribution is -0.174. The Morgan fingerprint density at radius 2 is 1.60 bits per heavy atom. The van der Waals surface area contributed by atoms with Gasteiger partial charge in [0.1, 0.15) is 11.4 Å². The minimum Gasteiger partial charge on any atom is -0.444 e. The van der Waals surface area contributed by atoms with Gasteiger partial charge in [0, 0.05) is 35.8 Å². The summed E-state index contributed by atoms with van der Waals surface area (Å²) in [7, 11) is 0. The van der Waals surface area contributed by atoms with Gasteiger partial charge in [0.2, 0.25) is 5.91 Å². The predicted octanol–water partition coefficient (Wildman–Crippen LogP) is 4.33. The lowest BCUT2D eigenvalue weighted by Crippen LogP contribution is -2.47. The van der Waals surface area contributed by atoms with Gasteiger partial charge >= 0.3 is 18.2 Å². The molecule has 1 saturated heterocycles. The van der Waals surface area contributed by atoms with Crippen molar-refractivity contribution >= 4 is 29.5 Å². The number of hydrazine groups is 1. The normalized spacial score (nSPS) is 14.3. The van der Waals surface area contributed by atoms with Crippen LogP contribution in [0.1, 0.15) is 49.5 Å². The number of benzene rings is 2. The number of halogens is 4. The molecule has 3 rings (SSSR count). The standard InChI is InChI=1S/C27H30F4N4O5/c1-26(2,3)40-25(39)34-13-11-17(12-14-34)23(37)35(20-7-5-4-6-8-20)16-19-10-9-18(15-21(19)28)22(36)32-33-24(38)27(29,30)31/h4-10,15,17H,11-14,16H2,1-3H3,(H,32,36)(H,33,38). The van der Waals surface area contributed by atoms with Crippen LogP contribution in [0.25, 0.3) is 0 Å². The maximum absolute atomic E-state index is 15.0. The molecule has 0 atom stereocenters. The van der Waals surface area contributed by atoms with E-state index < -0.39 is 41.4 Å². The third-order valence-corrected chi connectivity index (χ3v) is 6.02. The largest absolute Gasteiger partial charge is 0.472 e. The van der Waals surface area contributed by atoms with E-state index in [1.54, 1.807) is 61.4 Å². The summed E-state index contributed by atoms with van der Waals surface area (Å²) in [5, 5.41) is 0. The van der Waals surface area contributed by atoms with E-state index in [0.29, 0.717) is 31.6 Å². The molecule has 13 heteroatoms. The van der Waals surface area contributed by atoms with Crippen LogP contribution in [0.5, 0.6) is 0 Å². The highest BCUT2D eigenvalue weighted by molar-refractivity contribution is 5.96. The highest BCUT2D eigenvalue weighted by atomic mass is 19.4. The first-order valence-electron chi connectivity index (χ1n) is 12.5. The predicted molar refractivity (Wildman–Crippen MR) is 136 cm³/mol. The SMILES string of the molecule is CC(C)(C)OC(=O)N1CCC(C(=O)N(Cc2ccc(C(=O)NNC(=O)C(F)(F)F)cc2F)c2ccccc2)CC1. The number of hydrogen-bond donors (Lipinski definition) is 2. The number of alkyl halides is 3. The molecule has 9 nitrogen and oxygen atoms in total. The molecule has 0 spiro atoms. The topological polar surface area (TPSA) is 108 Å². The van der Waals surface area contributed by atoms with Gasteiger partial charge in [-0.15, -0.1) is 0 Å². The number of anilines is 1. The molecule has 216 valence electrons. The molecule has 40 heavy (non-hydrogen) atoms. The molecule has 0 aliphatic carbocycles. The number of ether oxygens (including phenoxy) is 1. The molecular weight excluding hydrogens is 536 g/mol. The number of hydrogen-bond acceptors (Lipinski definition) is 5. The van der Waals surface area contributed by atoms with E-state index in [-0.39, 0.29) is 23.6 Å². The van der Waals surface area contributed by atoms with Crippen molar-refractivity contribution in [3.63, 3.8) is 0 Å². The average Bonchev–Trinajstić information content (AvgIpc) is 2.89. The van der Waals surface area contributed by atoms with Gasteiger partial charge in [-0.3, -0.25) is 25.2 Å². The Morgan fingerprint density at radius 3 is 2.15 bits per heavy atom. The lowest BCUT2D eigenvalue weighted by Gasteiger charge is -2.35. The molecule has 0 bridgehead atoms. The van der Waals surface area contributed by atoms with Crippen LogP contribution in [0, 0.1) is 11.7 Å². The van der Waals surface area contributed by atoms with Crippen LogP contribution in [0.3, 0.4) is 0 Å². The molecule has 4 amide bonds. The van der Waals surface area contributed by atoms with E-state index in [1.165, 1.54) is 22.5 Å². The zero-order valence-electron chi connectivity index (χ0n) is 22.2. The van der Waals surface area contributed by atoms with E-state index in [1.807, 2.05) is 0 Å². The zero-order chi connectivity index (χ0) is 29.7. The third kappa shape index (κ3) is 8.17. The first-order valence-corrected chi connectivity index (χ1v) is 12.5. The highest BCUT2D eigenvalue weighted by Crippen LogP contribution is 2.27. The van der Waals surface area contributed by atoms with E-state index in [4.69, 9.17) is 4.74 Å². The number of nitrogens with zero attached hydrogens (tertiary/aromatic N) is 2. The summed E-state index contributed by atoms with van der Waals surface area (Å²) < 4.78 is 57.4. The van der Waals surface area contributed by atoms with Crippen LogP contribution >= 0.6 is 0 Å². The van der Waals surface area contributed by atoms with Gasteiger partial charge in [-0.2, -0.15) is 13.2 Å². The Kier molecular flexibility index (Phi) is 9.38. The molecular formula is C27H30F4N4O5. The maximum Gasteiger partial charge on any atom is 0.472 e. The molecule has 0 aromatic heterocycles. The average molecular weight is 567 g/mol. The lowest BCUT2D eigenvalue weighted by atomic mass is 9.94. The van der Waals surface area contributed by atoms with Crippen LogP contribution in [0.15, 0.2) is 48.5 Å². The molecule has 1 aliphatic rings. The molecule has 0 radical (unpaired) electrons. The van der Waals surface area contributed by atoms with Crippen LogP contribution in [0.2, 0.25) is 0 Å². The Labute approximate surface area is 228 Å². The van der Waals surface area contributed by atoms with Crippen molar-refractivity contribution < 1.29 is 41.5 Å². The second-order valence-electron chi connectivity index (χ2n) is 10.2. The Balaban J connectivity index is 1.72. The summed E-state index contributed by atoms with van der Waals surface area (Å²) in [5.41, 5.74) is 2.37. The van der Waals surface area contributed by atoms with Gasteiger partial charge in [0.25, 0.3) is 5.91 Å². The van der Waals surface area contributed by atoms with Crippen LogP contribution < -0.4 is 15.8 Å². The van der Waals surface area contributed by atoms with Gasteiger partial charge in [-0.25, -0.2) is 9.18 Å². The Hall–Kier alpha value is -4.16. The van der Waals surface area contributed by atoms with E-state index >= 15 is 4.39 Å². The molecule has 1 heterocycles. The van der Waals surface area contributed by atoms with Crippen LogP contribution in [-0.2, 0) is 20.9 Å². The van der Waals surface area contributed by atoms with E-state index in [0.717, 1.165) is 6.07 Å². The summed E-state index contributed by atoms with van der Waals surface area (Å²) in [4.78, 5) is 51.9. The number of piperidine rings is 1. The second kappa shape index (κ2) is 12.3. The number of carbonyl (C=O) groups is 4. The quantitative estimate of drug-likeness (QED) is 0.414. The van der Waals surface area contributed by atoms with Gasteiger partial charge < -0.3 is 14.5 Å². The van der Waals surface area contributed by atoms with Crippen molar-refractivity contribution in [1.82, 2.24) is 15.8 Å². The monoisotopic (exact) mass is 566 g/mol. The number of amides is 4. The van der Waals surface area contributed by atoms with Gasteiger partial charge in [-0.05, 0) is 57.9 Å². The number of para-hydroxylation sites is 1. The molecule has 1 fully saturated rings. The van der Waals surface area contributed by atoms with Crippen molar-refractivity contribution in [2.24, 2.45) is 5.92 Å². The minimum atomic E-state index is -5.21. The zero-order valence-corrected chi connectivity index (χ0v) is 22.2. The van der Waals surface area contributed by atoms with Gasteiger partial charge in [0.05, 0.1) is 6.54 Å². The van der Waals surface area contributed by atoms with Crippen LogP contribution in [0.4, 0.5) is 28.0 Å². The summed E-state index contributed by atoms with van der Waals surface area (Å²) in [5.74, 6) is -5.12. The molecule has 0 saturated carbocycles. The summed E-state index contributed by atoms with van der Waals surface area (Å²) >= 11 is 0. The van der Waals surface area contributed by atoms with Crippen molar-refractivity contribution in [3.05, 3.63) is 65.5 Å². The molecule has 2 aromatic rings. The smallest absolute Gasteiger partial charge is 0.444 e. The summed E-state index contributed by atoms with van der Waals surface area (Å²) in [6.07, 6.45) is -4.90. The Bertz CT molecular complexity index is 1240. The summed E-state index contributed by atoms with van der Waals surface area (Å²) in [6, 6.07) is 11.8. The fourth-order valence-corrected chi connectivity index (χ4v) is 4.00. The fraction of sp³-hybridized carbons (Fsp3) is 0.407. The third-order valence-electron chi connectivity index (χ3n) is 6.02. The van der Waals surface area contributed by atoms with Crippen molar-refractivity contribution in [2.75, 3.05) is 18.0 Å². The minimum absolute atomic E-state index is 0.0549. The molecule has 1 aliphatic heterocycles. The fourth-order valence-electron chi connectivity index (χ4n) is 4.00. The summed E-state index contributed by atoms with van der Waals surface area (Å²) in [6.45, 7) is 5.75. The van der Waals surface area contributed by atoms with Crippen molar-refractivity contribution in [2.45, 2.75) is 51.9 Å². The van der Waals surface area contributed by atoms with Crippen LogP contribution in [-0.4, -0.2) is 53.6 Å². The number of carbonyl (C=O) groups excluding carboxylic acids is 4. The maximum atomic E-state index is 15.0. The van der Waals surface area contributed by atoms with E-state index in [2.05, 4.69) is 0 Å². The highest BCUT2D eigenvalue weighted by Gasteiger charge is 2.39. The first-order chi connectivity index (χ1) is 18.7. The van der Waals surface area contributed by atoms with E-state index in [9.17, 15) is 32.3 Å². The molecule has 2 N–H and O–H groups in total. The Morgan fingerprint density at radius 1 is 0.975 bits per heavy atom. The molecule has 2 aromatic carbocycles. The number of nitrogens with one attached hydrogen (secondary N) is 2. The number of rotatable bonds is 5. The number of likely N-dealkylation sites (tertiary alicyclic amines) is 1. The van der Waals surface area contributed by atoms with Gasteiger partial charge in [-0.1, -0.05) is 24.3 Å². The van der Waals surface area contributed by atoms with Crippen molar-refractivity contribution in [1.29, 1.82) is 0 Å². The van der Waals surface area contributed by atoms with Crippen molar-refractivity contribution in [3.8, 4) is 0 Å². The van der Waals surface area contributed by atoms with Gasteiger partial charge in [0.15, 0.2) is 0 Å². The second-order valence-corrected chi connectivity index (χ2v) is 10.2.